The summed E-state index contributed by atoms with van der Waals surface area (Å²) in [4.78, 5) is 0. The van der Waals surface area contributed by atoms with Crippen LogP contribution in [0.25, 0.3) is 6.08 Å². The van der Waals surface area contributed by atoms with Crippen molar-refractivity contribution in [1.82, 2.24) is 0 Å². The predicted molar refractivity (Wildman–Crippen MR) is 50.3 cm³/mol. The molecule has 0 fully saturated rings. The predicted octanol–water partition coefficient (Wildman–Crippen LogP) is 3.00. The molecule has 0 bridgehead atoms. The van der Waals surface area contributed by atoms with Gasteiger partial charge in [0.25, 0.3) is 0 Å². The first kappa shape index (κ1) is 8.55. The van der Waals surface area contributed by atoms with Crippen LogP contribution in [0.4, 0.5) is 0 Å². The molecule has 0 radical (unpaired) electrons. The Hall–Kier alpha value is -1.55. The van der Waals surface area contributed by atoms with E-state index < -0.39 is 0 Å². The zero-order valence-electron chi connectivity index (χ0n) is 6.90. The van der Waals surface area contributed by atoms with E-state index in [9.17, 15) is 0 Å². The van der Waals surface area contributed by atoms with Gasteiger partial charge in [0.05, 0.1) is 6.07 Å². The highest BCUT2D eigenvalue weighted by molar-refractivity contribution is 5.48. The van der Waals surface area contributed by atoms with Gasteiger partial charge in [0.15, 0.2) is 0 Å². The molecule has 0 aromatic heterocycles. The van der Waals surface area contributed by atoms with Gasteiger partial charge in [0, 0.05) is 6.42 Å². The van der Waals surface area contributed by atoms with Crippen LogP contribution in [0.3, 0.4) is 0 Å². The molecule has 0 atom stereocenters. The molecule has 60 valence electrons. The van der Waals surface area contributed by atoms with Crippen molar-refractivity contribution in [3.63, 3.8) is 0 Å². The van der Waals surface area contributed by atoms with Crippen LogP contribution in [0.5, 0.6) is 0 Å². The van der Waals surface area contributed by atoms with Gasteiger partial charge in [-0.05, 0) is 12.0 Å². The topological polar surface area (TPSA) is 23.8 Å². The van der Waals surface area contributed by atoms with Crippen LogP contribution < -0.4 is 0 Å². The van der Waals surface area contributed by atoms with Gasteiger partial charge in [0.2, 0.25) is 0 Å². The molecule has 0 unspecified atom stereocenters. The monoisotopic (exact) mass is 157 g/mol. The lowest BCUT2D eigenvalue weighted by Gasteiger charge is -1.89. The van der Waals surface area contributed by atoms with Gasteiger partial charge in [-0.25, -0.2) is 0 Å². The number of nitriles is 1. The first-order chi connectivity index (χ1) is 5.93. The molecule has 0 N–H and O–H groups in total. The fourth-order valence-corrected chi connectivity index (χ4v) is 0.931. The van der Waals surface area contributed by atoms with E-state index in [2.05, 4.69) is 6.07 Å². The van der Waals surface area contributed by atoms with E-state index in [0.717, 1.165) is 6.42 Å². The summed E-state index contributed by atoms with van der Waals surface area (Å²) >= 11 is 0. The summed E-state index contributed by atoms with van der Waals surface area (Å²) in [5.41, 5.74) is 1.19. The van der Waals surface area contributed by atoms with Crippen LogP contribution in [0.2, 0.25) is 0 Å². The van der Waals surface area contributed by atoms with Crippen LogP contribution in [-0.2, 0) is 0 Å². The molecule has 0 aliphatic heterocycles. The summed E-state index contributed by atoms with van der Waals surface area (Å²) in [5, 5.41) is 8.28. The number of rotatable bonds is 3. The Labute approximate surface area is 73.0 Å². The van der Waals surface area contributed by atoms with Gasteiger partial charge < -0.3 is 0 Å². The quantitative estimate of drug-likeness (QED) is 0.619. The smallest absolute Gasteiger partial charge is 0.0625 e. The van der Waals surface area contributed by atoms with Crippen molar-refractivity contribution in [3.8, 4) is 6.07 Å². The minimum atomic E-state index is 0.601. The third-order valence-corrected chi connectivity index (χ3v) is 1.53. The average molecular weight is 157 g/mol. The standard InChI is InChI=1S/C11H11N/c12-10-6-2-5-9-11-7-3-1-4-8-11/h1,3-5,7-9H,2,6H2/b9-5+. The SMILES string of the molecule is N#CCC/C=C/c1ccccc1. The molecule has 1 heteroatoms. The Balaban J connectivity index is 2.43. The first-order valence-corrected chi connectivity index (χ1v) is 4.02. The maximum Gasteiger partial charge on any atom is 0.0625 e. The molecule has 0 saturated heterocycles. The summed E-state index contributed by atoms with van der Waals surface area (Å²) in [6.07, 6.45) is 5.50. The second kappa shape index (κ2) is 5.15. The third kappa shape index (κ3) is 3.03. The zero-order valence-corrected chi connectivity index (χ0v) is 6.90. The molecule has 0 amide bonds. The van der Waals surface area contributed by atoms with E-state index in [1.54, 1.807) is 0 Å². The van der Waals surface area contributed by atoms with E-state index in [1.165, 1.54) is 5.56 Å². The Morgan fingerprint density at radius 3 is 2.67 bits per heavy atom. The average Bonchev–Trinajstić information content (AvgIpc) is 2.14. The van der Waals surface area contributed by atoms with Gasteiger partial charge in [-0.2, -0.15) is 5.26 Å². The molecule has 1 rings (SSSR count). The second-order valence-corrected chi connectivity index (χ2v) is 2.51. The van der Waals surface area contributed by atoms with Crippen LogP contribution >= 0.6 is 0 Å². The number of nitrogens with zero attached hydrogens (tertiary/aromatic N) is 1. The van der Waals surface area contributed by atoms with E-state index in [-0.39, 0.29) is 0 Å². The normalized spacial score (nSPS) is 9.92. The van der Waals surface area contributed by atoms with E-state index in [1.807, 2.05) is 42.5 Å². The number of hydrogen-bond acceptors (Lipinski definition) is 1. The van der Waals surface area contributed by atoms with Crippen molar-refractivity contribution in [3.05, 3.63) is 42.0 Å². The van der Waals surface area contributed by atoms with Gasteiger partial charge >= 0.3 is 0 Å². The van der Waals surface area contributed by atoms with Crippen LogP contribution in [0.15, 0.2) is 36.4 Å². The minimum Gasteiger partial charge on any atom is -0.198 e. The van der Waals surface area contributed by atoms with Gasteiger partial charge in [-0.1, -0.05) is 42.5 Å². The highest BCUT2D eigenvalue weighted by Crippen LogP contribution is 2.02. The van der Waals surface area contributed by atoms with Crippen LogP contribution in [0, 0.1) is 11.3 Å². The molecule has 0 spiro atoms. The van der Waals surface area contributed by atoms with E-state index in [4.69, 9.17) is 5.26 Å². The van der Waals surface area contributed by atoms with Gasteiger partial charge in [-0.3, -0.25) is 0 Å². The van der Waals surface area contributed by atoms with Crippen molar-refractivity contribution >= 4 is 6.08 Å². The van der Waals surface area contributed by atoms with Crippen LogP contribution in [-0.4, -0.2) is 0 Å². The third-order valence-electron chi connectivity index (χ3n) is 1.53. The van der Waals surface area contributed by atoms with Crippen molar-refractivity contribution in [2.75, 3.05) is 0 Å². The second-order valence-electron chi connectivity index (χ2n) is 2.51. The molecule has 1 aromatic carbocycles. The summed E-state index contributed by atoms with van der Waals surface area (Å²) in [5.74, 6) is 0. The number of allylic oxidation sites excluding steroid dienone is 1. The Bertz CT molecular complexity index is 280. The molecule has 1 aromatic rings. The van der Waals surface area contributed by atoms with Crippen LogP contribution in [0.1, 0.15) is 18.4 Å². The zero-order chi connectivity index (χ0) is 8.65. The lowest BCUT2D eigenvalue weighted by molar-refractivity contribution is 1.07. The fourth-order valence-electron chi connectivity index (χ4n) is 0.931. The summed E-state index contributed by atoms with van der Waals surface area (Å²) < 4.78 is 0. The lowest BCUT2D eigenvalue weighted by atomic mass is 10.2. The Morgan fingerprint density at radius 1 is 1.25 bits per heavy atom. The first-order valence-electron chi connectivity index (χ1n) is 4.02. The highest BCUT2D eigenvalue weighted by atomic mass is 14.2. The fraction of sp³-hybridized carbons (Fsp3) is 0.182. The molecule has 1 nitrogen and oxygen atoms in total. The van der Waals surface area contributed by atoms with Crippen molar-refractivity contribution in [2.24, 2.45) is 0 Å². The van der Waals surface area contributed by atoms with Crippen molar-refractivity contribution in [1.29, 1.82) is 5.26 Å². The number of unbranched alkanes of at least 4 members (excludes halogenated alkanes) is 1. The molecular weight excluding hydrogens is 146 g/mol. The maximum absolute atomic E-state index is 8.28. The highest BCUT2D eigenvalue weighted by Gasteiger charge is 1.81. The van der Waals surface area contributed by atoms with Crippen molar-refractivity contribution in [2.45, 2.75) is 12.8 Å². The summed E-state index contributed by atoms with van der Waals surface area (Å²) in [7, 11) is 0. The summed E-state index contributed by atoms with van der Waals surface area (Å²) in [6, 6.07) is 12.2. The molecule has 0 heterocycles. The largest absolute Gasteiger partial charge is 0.198 e. The lowest BCUT2D eigenvalue weighted by Crippen LogP contribution is -1.68. The van der Waals surface area contributed by atoms with Gasteiger partial charge in [-0.15, -0.1) is 0 Å². The molecule has 0 aliphatic carbocycles. The van der Waals surface area contributed by atoms with E-state index >= 15 is 0 Å². The minimum absolute atomic E-state index is 0.601. The van der Waals surface area contributed by atoms with Gasteiger partial charge in [0.1, 0.15) is 0 Å². The number of hydrogen-bond donors (Lipinski definition) is 0. The summed E-state index contributed by atoms with van der Waals surface area (Å²) in [6.45, 7) is 0. The Morgan fingerprint density at radius 2 is 2.00 bits per heavy atom. The molecule has 0 aliphatic rings. The van der Waals surface area contributed by atoms with E-state index in [0.29, 0.717) is 6.42 Å². The molecule has 12 heavy (non-hydrogen) atoms. The van der Waals surface area contributed by atoms with Crippen molar-refractivity contribution < 1.29 is 0 Å². The Kier molecular flexibility index (Phi) is 3.67. The maximum atomic E-state index is 8.28. The molecule has 0 saturated carbocycles. The molecular formula is C11H11N. The number of benzene rings is 1.